The van der Waals surface area contributed by atoms with Crippen molar-refractivity contribution in [2.75, 3.05) is 13.2 Å². The van der Waals surface area contributed by atoms with Gasteiger partial charge in [-0.15, -0.1) is 0 Å². The highest BCUT2D eigenvalue weighted by Crippen LogP contribution is 2.37. The third kappa shape index (κ3) is 1.96. The molecule has 19 heavy (non-hydrogen) atoms. The first-order valence-electron chi connectivity index (χ1n) is 6.70. The van der Waals surface area contributed by atoms with Crippen molar-refractivity contribution in [3.63, 3.8) is 0 Å². The van der Waals surface area contributed by atoms with E-state index < -0.39 is 6.04 Å². The minimum Gasteiger partial charge on any atom is -0.381 e. The van der Waals surface area contributed by atoms with Gasteiger partial charge in [-0.1, -0.05) is 18.2 Å². The SMILES string of the molecule is CC(=O)C1c2ccccc2C(=O)N1C1CCOCC1. The number of amides is 1. The number of hydrogen-bond acceptors (Lipinski definition) is 3. The molecule has 1 aromatic carbocycles. The summed E-state index contributed by atoms with van der Waals surface area (Å²) in [5.41, 5.74) is 1.53. The Labute approximate surface area is 112 Å². The van der Waals surface area contributed by atoms with Crippen molar-refractivity contribution in [2.45, 2.75) is 31.8 Å². The molecule has 0 spiro atoms. The number of fused-ring (bicyclic) bond motifs is 1. The first-order chi connectivity index (χ1) is 9.20. The van der Waals surface area contributed by atoms with Crippen molar-refractivity contribution >= 4 is 11.7 Å². The average molecular weight is 259 g/mol. The molecule has 4 nitrogen and oxygen atoms in total. The molecule has 2 aliphatic rings. The molecule has 1 atom stereocenters. The highest BCUT2D eigenvalue weighted by Gasteiger charge is 2.42. The Bertz CT molecular complexity index is 520. The van der Waals surface area contributed by atoms with Crippen LogP contribution >= 0.6 is 0 Å². The molecule has 0 aliphatic carbocycles. The lowest BCUT2D eigenvalue weighted by Crippen LogP contribution is -2.43. The van der Waals surface area contributed by atoms with E-state index in [1.54, 1.807) is 11.8 Å². The predicted molar refractivity (Wildman–Crippen MR) is 69.9 cm³/mol. The van der Waals surface area contributed by atoms with E-state index in [4.69, 9.17) is 4.74 Å². The highest BCUT2D eigenvalue weighted by molar-refractivity contribution is 6.04. The van der Waals surface area contributed by atoms with Gasteiger partial charge in [-0.2, -0.15) is 0 Å². The van der Waals surface area contributed by atoms with E-state index in [0.717, 1.165) is 18.4 Å². The van der Waals surface area contributed by atoms with Gasteiger partial charge < -0.3 is 9.64 Å². The second-order valence-electron chi connectivity index (χ2n) is 5.16. The Morgan fingerprint density at radius 2 is 1.95 bits per heavy atom. The monoisotopic (exact) mass is 259 g/mol. The normalized spacial score (nSPS) is 23.5. The molecule has 1 saturated heterocycles. The van der Waals surface area contributed by atoms with Crippen molar-refractivity contribution in [1.29, 1.82) is 0 Å². The first-order valence-corrected chi connectivity index (χ1v) is 6.70. The van der Waals surface area contributed by atoms with Crippen LogP contribution in [-0.4, -0.2) is 35.8 Å². The Morgan fingerprint density at radius 3 is 2.63 bits per heavy atom. The molecule has 0 radical (unpaired) electrons. The lowest BCUT2D eigenvalue weighted by molar-refractivity contribution is -0.122. The largest absolute Gasteiger partial charge is 0.381 e. The fraction of sp³-hybridized carbons (Fsp3) is 0.467. The van der Waals surface area contributed by atoms with Gasteiger partial charge in [0, 0.05) is 24.8 Å². The summed E-state index contributed by atoms with van der Waals surface area (Å²) in [5, 5.41) is 0. The zero-order chi connectivity index (χ0) is 13.4. The van der Waals surface area contributed by atoms with Crippen LogP contribution in [0.1, 0.15) is 41.7 Å². The molecular formula is C15H17NO3. The van der Waals surface area contributed by atoms with E-state index in [9.17, 15) is 9.59 Å². The third-order valence-electron chi connectivity index (χ3n) is 3.97. The molecule has 2 aliphatic heterocycles. The summed E-state index contributed by atoms with van der Waals surface area (Å²) in [6.45, 7) is 2.89. The van der Waals surface area contributed by atoms with Gasteiger partial charge in [0.25, 0.3) is 5.91 Å². The van der Waals surface area contributed by atoms with Gasteiger partial charge in [-0.25, -0.2) is 0 Å². The highest BCUT2D eigenvalue weighted by atomic mass is 16.5. The van der Waals surface area contributed by atoms with Gasteiger partial charge in [0.15, 0.2) is 5.78 Å². The number of carbonyl (C=O) groups excluding carboxylic acids is 2. The second kappa shape index (κ2) is 4.78. The Balaban J connectivity index is 2.00. The van der Waals surface area contributed by atoms with Crippen LogP contribution in [0.3, 0.4) is 0 Å². The summed E-state index contributed by atoms with van der Waals surface area (Å²) in [7, 11) is 0. The Kier molecular flexibility index (Phi) is 3.11. The van der Waals surface area contributed by atoms with Gasteiger partial charge >= 0.3 is 0 Å². The molecule has 1 unspecified atom stereocenters. The van der Waals surface area contributed by atoms with Crippen LogP contribution in [0.4, 0.5) is 0 Å². The van der Waals surface area contributed by atoms with Crippen LogP contribution in [0.25, 0.3) is 0 Å². The van der Waals surface area contributed by atoms with Crippen LogP contribution in [0.5, 0.6) is 0 Å². The van der Waals surface area contributed by atoms with E-state index >= 15 is 0 Å². The number of Topliss-reactive ketones (excluding diaryl/α,β-unsaturated/α-hetero) is 1. The second-order valence-corrected chi connectivity index (χ2v) is 5.16. The van der Waals surface area contributed by atoms with Crippen molar-refractivity contribution in [3.05, 3.63) is 35.4 Å². The van der Waals surface area contributed by atoms with Crippen molar-refractivity contribution < 1.29 is 14.3 Å². The number of benzene rings is 1. The maximum atomic E-state index is 12.5. The Hall–Kier alpha value is -1.68. The standard InChI is InChI=1S/C15H17NO3/c1-10(17)14-12-4-2-3-5-13(12)15(18)16(14)11-6-8-19-9-7-11/h2-5,11,14H,6-9H2,1H3. The summed E-state index contributed by atoms with van der Waals surface area (Å²) in [6, 6.07) is 7.14. The lowest BCUT2D eigenvalue weighted by Gasteiger charge is -2.34. The topological polar surface area (TPSA) is 46.6 Å². The predicted octanol–water partition coefficient (Wildman–Crippen LogP) is 1.95. The zero-order valence-electron chi connectivity index (χ0n) is 11.0. The van der Waals surface area contributed by atoms with Gasteiger partial charge in [-0.3, -0.25) is 9.59 Å². The van der Waals surface area contributed by atoms with E-state index in [1.807, 2.05) is 24.3 Å². The molecule has 0 bridgehead atoms. The molecule has 1 fully saturated rings. The summed E-state index contributed by atoms with van der Waals surface area (Å²) in [6.07, 6.45) is 1.62. The maximum absolute atomic E-state index is 12.5. The van der Waals surface area contributed by atoms with Gasteiger partial charge in [0.05, 0.1) is 0 Å². The number of rotatable bonds is 2. The van der Waals surface area contributed by atoms with Crippen LogP contribution < -0.4 is 0 Å². The molecule has 0 saturated carbocycles. The number of ketones is 1. The average Bonchev–Trinajstić information content (AvgIpc) is 2.74. The quantitative estimate of drug-likeness (QED) is 0.815. The molecule has 0 N–H and O–H groups in total. The van der Waals surface area contributed by atoms with E-state index in [-0.39, 0.29) is 17.7 Å². The molecule has 0 aromatic heterocycles. The fourth-order valence-electron chi connectivity index (χ4n) is 3.09. The smallest absolute Gasteiger partial charge is 0.255 e. The number of ether oxygens (including phenoxy) is 1. The van der Waals surface area contributed by atoms with Crippen molar-refractivity contribution in [1.82, 2.24) is 4.90 Å². The molecule has 2 heterocycles. The number of nitrogens with zero attached hydrogens (tertiary/aromatic N) is 1. The number of carbonyl (C=O) groups is 2. The summed E-state index contributed by atoms with van der Waals surface area (Å²) < 4.78 is 5.34. The molecule has 3 rings (SSSR count). The van der Waals surface area contributed by atoms with E-state index in [1.165, 1.54) is 0 Å². The summed E-state index contributed by atoms with van der Waals surface area (Å²) >= 11 is 0. The molecule has 1 aromatic rings. The summed E-state index contributed by atoms with van der Waals surface area (Å²) in [5.74, 6) is 0.0208. The van der Waals surface area contributed by atoms with Gasteiger partial charge in [0.2, 0.25) is 0 Å². The summed E-state index contributed by atoms with van der Waals surface area (Å²) in [4.78, 5) is 26.3. The lowest BCUT2D eigenvalue weighted by atomic mass is 10.0. The number of hydrogen-bond donors (Lipinski definition) is 0. The van der Waals surface area contributed by atoms with Crippen molar-refractivity contribution in [3.8, 4) is 0 Å². The van der Waals surface area contributed by atoms with Crippen molar-refractivity contribution in [2.24, 2.45) is 0 Å². The molecule has 1 amide bonds. The molecular weight excluding hydrogens is 242 g/mol. The van der Waals surface area contributed by atoms with Crippen LogP contribution in [0.2, 0.25) is 0 Å². The zero-order valence-corrected chi connectivity index (χ0v) is 11.0. The maximum Gasteiger partial charge on any atom is 0.255 e. The minimum absolute atomic E-state index is 0.0114. The van der Waals surface area contributed by atoms with Gasteiger partial charge in [-0.05, 0) is 31.4 Å². The molecule has 4 heteroatoms. The Morgan fingerprint density at radius 1 is 1.26 bits per heavy atom. The van der Waals surface area contributed by atoms with Crippen LogP contribution in [0, 0.1) is 0 Å². The fourth-order valence-corrected chi connectivity index (χ4v) is 3.09. The molecule has 100 valence electrons. The minimum atomic E-state index is -0.410. The first kappa shape index (κ1) is 12.4. The van der Waals surface area contributed by atoms with Crippen LogP contribution in [-0.2, 0) is 9.53 Å². The van der Waals surface area contributed by atoms with Gasteiger partial charge in [0.1, 0.15) is 6.04 Å². The van der Waals surface area contributed by atoms with E-state index in [2.05, 4.69) is 0 Å². The van der Waals surface area contributed by atoms with Crippen LogP contribution in [0.15, 0.2) is 24.3 Å². The van der Waals surface area contributed by atoms with E-state index in [0.29, 0.717) is 18.8 Å². The third-order valence-corrected chi connectivity index (χ3v) is 3.97.